The fraction of sp³-hybridized carbons (Fsp3) is 0.762. The van der Waals surface area contributed by atoms with Crippen LogP contribution in [0.4, 0.5) is 15.1 Å². The fourth-order valence-corrected chi connectivity index (χ4v) is 12.1. The van der Waals surface area contributed by atoms with E-state index in [-0.39, 0.29) is 41.8 Å². The van der Waals surface area contributed by atoms with Crippen molar-refractivity contribution in [2.45, 2.75) is 232 Å². The molecule has 16 atom stereocenters. The number of aromatic nitrogens is 2. The van der Waals surface area contributed by atoms with E-state index in [1.165, 1.54) is 37.8 Å². The van der Waals surface area contributed by atoms with Crippen molar-refractivity contribution < 1.29 is 62.1 Å². The first-order chi connectivity index (χ1) is 39.7. The minimum atomic E-state index is -1.04. The number of benzene rings is 1. The highest BCUT2D eigenvalue weighted by atomic mass is 19.1. The van der Waals surface area contributed by atoms with Gasteiger partial charge in [-0.05, 0) is 110 Å². The molecule has 2 aromatic rings. The number of halogens is 1. The number of nitrogens with two attached hydrogens (primary N) is 3. The summed E-state index contributed by atoms with van der Waals surface area (Å²) < 4.78 is 55.9. The van der Waals surface area contributed by atoms with E-state index in [9.17, 15) is 23.9 Å². The van der Waals surface area contributed by atoms with Gasteiger partial charge >= 0.3 is 12.1 Å². The zero-order valence-corrected chi connectivity index (χ0v) is 53.3. The average Bonchev–Trinajstić information content (AvgIpc) is 3.32. The van der Waals surface area contributed by atoms with E-state index in [2.05, 4.69) is 41.0 Å². The number of aliphatic hydroxyl groups is 2. The molecule has 9 N–H and O–H groups in total. The van der Waals surface area contributed by atoms with E-state index < -0.39 is 78.8 Å². The lowest BCUT2D eigenvalue weighted by Crippen LogP contribution is -2.58. The van der Waals surface area contributed by atoms with Crippen molar-refractivity contribution in [3.63, 3.8) is 0 Å². The number of cyclic esters (lactones) is 2. The number of nitrogen functional groups attached to an aromatic ring is 1. The van der Waals surface area contributed by atoms with Crippen molar-refractivity contribution in [2.75, 3.05) is 47.3 Å². The predicted molar refractivity (Wildman–Crippen MR) is 323 cm³/mol. The number of methoxy groups -OCH3 is 2. The number of amides is 1. The standard InChI is InChI=1S/C37H65NO8.C25H38FN7O3.CH4O/c1-12-30-36(8,9)46-35(41)38-29(33(27(7)34(40)44-30)45-31-19-22(2)18-25(5)43-31)21-37(10,42-11)20-24(4)32(39)26(6)23(3)14-13-15-28-16-17-28;1-16-10-21(11-23(34)36-16)32(2)9-8-20(27)15-33(29)22(12-26)24(35-3)18-6-4-17(5-7-18)19-13-30-25(28)31-14-19;1-2/h22-31,33H,12-21H2,1-11H3,(H,38,41);4-7,13-16,21-24,34H,8-12,27,29H2,1-3H3,(H2,28,30,31);2H,1H3/b;20-15-;/t22?,23?,24-,25?,26?,27?,29-,30-,31+,33-,37-;;/m1../s1. The molecule has 4 fully saturated rings. The van der Waals surface area contributed by atoms with Crippen molar-refractivity contribution >= 4 is 23.8 Å². The molecule has 1 aromatic heterocycles. The summed E-state index contributed by atoms with van der Waals surface area (Å²) in [5, 5.41) is 21.2. The number of alkyl carbamates (subject to hydrolysis) is 1. The molecule has 0 bridgehead atoms. The SMILES string of the molecule is CC[C@H]1OC(=O)C(C)[C@@H](O[C@H]2CC(C)CC(C)O2)[C@@H](C[C@@](C)(C[C@@H](C)C(=O)C(C)C(C)CCCC2CC2)OC)NC(=O)OC1(C)C.CO.COC(c1ccc(-c2cnc(N)nc2)cc1)C(CF)N(N)/C=C(\N)CCN(C)C1CC(C)OC(O)C1. The third-order valence-electron chi connectivity index (χ3n) is 17.5. The summed E-state index contributed by atoms with van der Waals surface area (Å²) in [5.41, 5.74) is 12.9. The number of ketones is 1. The first kappa shape index (κ1) is 71.9. The Hall–Kier alpha value is -4.58. The minimum Gasteiger partial charge on any atom is -0.458 e. The second kappa shape index (κ2) is 34.1. The van der Waals surface area contributed by atoms with Crippen LogP contribution in [0.1, 0.15) is 171 Å². The molecule has 1 aliphatic carbocycles. The van der Waals surface area contributed by atoms with Crippen LogP contribution in [0, 0.1) is 35.5 Å². The normalized spacial score (nSPS) is 28.2. The summed E-state index contributed by atoms with van der Waals surface area (Å²) in [6, 6.07) is 6.24. The molecule has 0 spiro atoms. The van der Waals surface area contributed by atoms with Gasteiger partial charge in [0.15, 0.2) is 12.6 Å². The third kappa shape index (κ3) is 22.0. The fourth-order valence-electron chi connectivity index (χ4n) is 12.1. The Bertz CT molecular complexity index is 2300. The highest BCUT2D eigenvalue weighted by molar-refractivity contribution is 5.83. The Morgan fingerprint density at radius 3 is 2.20 bits per heavy atom. The number of ether oxygens (including phenoxy) is 7. The molecule has 20 nitrogen and oxygen atoms in total. The second-order valence-electron chi connectivity index (χ2n) is 25.2. The lowest BCUT2D eigenvalue weighted by Gasteiger charge is -2.43. The lowest BCUT2D eigenvalue weighted by molar-refractivity contribution is -0.238. The highest BCUT2D eigenvalue weighted by Crippen LogP contribution is 2.38. The summed E-state index contributed by atoms with van der Waals surface area (Å²) in [6.07, 6.45) is 11.9. The van der Waals surface area contributed by atoms with Crippen molar-refractivity contribution in [3.8, 4) is 11.1 Å². The maximum Gasteiger partial charge on any atom is 0.408 e. The van der Waals surface area contributed by atoms with Crippen molar-refractivity contribution in [1.29, 1.82) is 0 Å². The van der Waals surface area contributed by atoms with E-state index in [1.807, 2.05) is 65.9 Å². The number of hydrogen-bond acceptors (Lipinski definition) is 19. The van der Waals surface area contributed by atoms with E-state index >= 15 is 0 Å². The van der Waals surface area contributed by atoms with Gasteiger partial charge in [0.25, 0.3) is 0 Å². The molecule has 0 radical (unpaired) electrons. The number of hydrazine groups is 1. The van der Waals surface area contributed by atoms with E-state index in [0.717, 1.165) is 49.0 Å². The Morgan fingerprint density at radius 2 is 1.63 bits per heavy atom. The molecular weight excluding hydrogens is 1080 g/mol. The van der Waals surface area contributed by atoms with Gasteiger partial charge in [0.1, 0.15) is 36.3 Å². The second-order valence-corrected chi connectivity index (χ2v) is 25.2. The van der Waals surface area contributed by atoms with Crippen molar-refractivity contribution in [2.24, 2.45) is 47.1 Å². The minimum absolute atomic E-state index is 0.00111. The Balaban J connectivity index is 0.000000360. The van der Waals surface area contributed by atoms with Crippen LogP contribution in [0.5, 0.6) is 0 Å². The first-order valence-electron chi connectivity index (χ1n) is 30.5. The van der Waals surface area contributed by atoms with Gasteiger partial charge in [-0.1, -0.05) is 91.0 Å². The van der Waals surface area contributed by atoms with E-state index in [4.69, 9.17) is 55.6 Å². The molecule has 4 aliphatic rings. The van der Waals surface area contributed by atoms with Gasteiger partial charge in [0, 0.05) is 94.9 Å². The number of nitrogens with one attached hydrogen (secondary N) is 1. The first-order valence-corrected chi connectivity index (χ1v) is 30.5. The number of hydrogen-bond donors (Lipinski definition) is 6. The van der Waals surface area contributed by atoms with Crippen molar-refractivity contribution in [3.05, 3.63) is 54.1 Å². The number of rotatable bonds is 26. The zero-order valence-electron chi connectivity index (χ0n) is 53.3. The highest BCUT2D eigenvalue weighted by Gasteiger charge is 2.46. The summed E-state index contributed by atoms with van der Waals surface area (Å²) in [4.78, 5) is 51.0. The predicted octanol–water partition coefficient (Wildman–Crippen LogP) is 9.16. The van der Waals surface area contributed by atoms with Gasteiger partial charge in [-0.15, -0.1) is 0 Å². The molecule has 84 heavy (non-hydrogen) atoms. The van der Waals surface area contributed by atoms with Gasteiger partial charge in [-0.25, -0.2) is 25.0 Å². The van der Waals surface area contributed by atoms with E-state index in [1.54, 1.807) is 46.5 Å². The van der Waals surface area contributed by atoms with Crippen LogP contribution >= 0.6 is 0 Å². The van der Waals surface area contributed by atoms with Crippen LogP contribution in [0.3, 0.4) is 0 Å². The number of nitrogens with zero attached hydrogens (tertiary/aromatic N) is 4. The van der Waals surface area contributed by atoms with E-state index in [0.29, 0.717) is 62.6 Å². The Kier molecular flexibility index (Phi) is 29.2. The molecule has 10 unspecified atom stereocenters. The lowest BCUT2D eigenvalue weighted by atomic mass is 9.77. The molecule has 3 saturated heterocycles. The smallest absolute Gasteiger partial charge is 0.408 e. The summed E-state index contributed by atoms with van der Waals surface area (Å²) in [5.74, 6) is 6.82. The molecule has 6 rings (SSSR count). The number of alkyl halides is 1. The molecule has 478 valence electrons. The third-order valence-corrected chi connectivity index (χ3v) is 17.5. The molecule has 21 heteroatoms. The van der Waals surface area contributed by atoms with Gasteiger partial charge in [0.2, 0.25) is 5.95 Å². The van der Waals surface area contributed by atoms with Gasteiger partial charge in [-0.3, -0.25) is 9.59 Å². The van der Waals surface area contributed by atoms with Gasteiger partial charge in [-0.2, -0.15) is 0 Å². The molecule has 1 saturated carbocycles. The van der Waals surface area contributed by atoms with Crippen molar-refractivity contribution in [1.82, 2.24) is 25.2 Å². The van der Waals surface area contributed by atoms with Crippen LogP contribution < -0.4 is 22.6 Å². The Labute approximate surface area is 501 Å². The number of Topliss-reactive ketones (excluding diaryl/α,β-unsaturated/α-hetero) is 1. The maximum atomic E-state index is 14.1. The van der Waals surface area contributed by atoms with Crippen LogP contribution in [-0.2, 0) is 42.7 Å². The number of aliphatic hydroxyl groups excluding tert-OH is 2. The van der Waals surface area contributed by atoms with Gasteiger partial charge in [0.05, 0.1) is 35.9 Å². The summed E-state index contributed by atoms with van der Waals surface area (Å²) in [6.45, 7) is 21.4. The quantitative estimate of drug-likeness (QED) is 0.0291. The summed E-state index contributed by atoms with van der Waals surface area (Å²) in [7, 11) is 6.15. The zero-order chi connectivity index (χ0) is 62.6. The number of anilines is 1. The molecule has 3 aliphatic heterocycles. The molecule has 1 amide bonds. The topological polar surface area (TPSA) is 279 Å². The van der Waals surface area contributed by atoms with Crippen LogP contribution in [0.25, 0.3) is 11.1 Å². The summed E-state index contributed by atoms with van der Waals surface area (Å²) >= 11 is 0. The van der Waals surface area contributed by atoms with Crippen LogP contribution in [0.2, 0.25) is 0 Å². The molecule has 4 heterocycles. The Morgan fingerprint density at radius 1 is 0.988 bits per heavy atom. The molecule has 1 aromatic carbocycles. The molecular formula is C63H107FN8O12. The monoisotopic (exact) mass is 1190 g/mol. The number of carbonyl (C=O) groups excluding carboxylic acids is 3. The number of esters is 1. The largest absolute Gasteiger partial charge is 0.458 e. The van der Waals surface area contributed by atoms with Crippen LogP contribution in [-0.4, -0.2) is 156 Å². The maximum absolute atomic E-state index is 14.1. The average molecular weight is 1190 g/mol. The van der Waals surface area contributed by atoms with Gasteiger partial charge < -0.3 is 70.1 Å². The number of carbonyl (C=O) groups is 3. The van der Waals surface area contributed by atoms with Crippen LogP contribution in [0.15, 0.2) is 48.6 Å².